The maximum absolute atomic E-state index is 9.31. The summed E-state index contributed by atoms with van der Waals surface area (Å²) < 4.78 is 4.58. The number of aromatic nitrogens is 3. The van der Waals surface area contributed by atoms with Crippen LogP contribution in [0.4, 0.5) is 0 Å². The average Bonchev–Trinajstić information content (AvgIpc) is 3.40. The number of aryl methyl sites for hydroxylation is 1. The van der Waals surface area contributed by atoms with E-state index in [-0.39, 0.29) is 0 Å². The van der Waals surface area contributed by atoms with Gasteiger partial charge in [-0.2, -0.15) is 5.26 Å². The molecule has 0 N–H and O–H groups in total. The second kappa shape index (κ2) is 7.83. The first-order chi connectivity index (χ1) is 17.7. The molecule has 0 saturated carbocycles. The minimum atomic E-state index is 0.612. The van der Waals surface area contributed by atoms with Crippen molar-refractivity contribution >= 4 is 43.6 Å². The molecule has 0 bridgehead atoms. The number of rotatable bonds is 3. The molecule has 0 aliphatic rings. The van der Waals surface area contributed by atoms with E-state index in [0.29, 0.717) is 12.1 Å². The van der Waals surface area contributed by atoms with Crippen molar-refractivity contribution in [3.05, 3.63) is 115 Å². The number of benzene rings is 4. The van der Waals surface area contributed by atoms with Crippen LogP contribution in [-0.2, 0) is 13.6 Å². The molecule has 36 heavy (non-hydrogen) atoms. The van der Waals surface area contributed by atoms with Crippen LogP contribution >= 0.6 is 0 Å². The van der Waals surface area contributed by atoms with E-state index in [0.717, 1.165) is 16.7 Å². The fraction of sp³-hybridized carbons (Fsp3) is 0.0625. The molecule has 7 aromatic rings. The number of para-hydroxylation sites is 2. The van der Waals surface area contributed by atoms with E-state index in [1.807, 2.05) is 6.07 Å². The highest BCUT2D eigenvalue weighted by atomic mass is 15.0. The van der Waals surface area contributed by atoms with E-state index >= 15 is 0 Å². The van der Waals surface area contributed by atoms with Crippen molar-refractivity contribution in [2.45, 2.75) is 6.54 Å². The Balaban J connectivity index is 1.40. The van der Waals surface area contributed by atoms with Gasteiger partial charge in [0.25, 0.3) is 0 Å². The van der Waals surface area contributed by atoms with Crippen LogP contribution in [0, 0.1) is 11.3 Å². The molecule has 4 heteroatoms. The van der Waals surface area contributed by atoms with Crippen LogP contribution in [0.2, 0.25) is 0 Å². The molecule has 3 heterocycles. The lowest BCUT2D eigenvalue weighted by Gasteiger charge is -2.08. The third kappa shape index (κ3) is 3.03. The zero-order valence-corrected chi connectivity index (χ0v) is 19.8. The minimum absolute atomic E-state index is 0.612. The molecule has 0 aliphatic carbocycles. The van der Waals surface area contributed by atoms with E-state index in [1.54, 1.807) is 12.3 Å². The van der Waals surface area contributed by atoms with Gasteiger partial charge in [0.2, 0.25) is 0 Å². The van der Waals surface area contributed by atoms with Crippen molar-refractivity contribution in [3.63, 3.8) is 0 Å². The van der Waals surface area contributed by atoms with Crippen LogP contribution in [0.3, 0.4) is 0 Å². The summed E-state index contributed by atoms with van der Waals surface area (Å²) in [7, 11) is 2.14. The fourth-order valence-electron chi connectivity index (χ4n) is 5.54. The average molecular weight is 463 g/mol. The monoisotopic (exact) mass is 462 g/mol. The lowest BCUT2D eigenvalue weighted by atomic mass is 10.0. The lowest BCUT2D eigenvalue weighted by Crippen LogP contribution is -2.01. The highest BCUT2D eigenvalue weighted by molar-refractivity contribution is 6.11. The molecular weight excluding hydrogens is 440 g/mol. The third-order valence-corrected chi connectivity index (χ3v) is 7.29. The van der Waals surface area contributed by atoms with Crippen LogP contribution in [0.25, 0.3) is 54.7 Å². The predicted molar refractivity (Wildman–Crippen MR) is 147 cm³/mol. The number of nitriles is 1. The van der Waals surface area contributed by atoms with Gasteiger partial charge in [-0.1, -0.05) is 54.6 Å². The second-order valence-corrected chi connectivity index (χ2v) is 9.29. The highest BCUT2D eigenvalue weighted by Crippen LogP contribution is 2.35. The molecule has 3 aromatic heterocycles. The molecule has 0 amide bonds. The molecule has 0 unspecified atom stereocenters. The second-order valence-electron chi connectivity index (χ2n) is 9.29. The summed E-state index contributed by atoms with van der Waals surface area (Å²) in [5.74, 6) is 0. The van der Waals surface area contributed by atoms with Crippen molar-refractivity contribution in [1.82, 2.24) is 14.1 Å². The Morgan fingerprint density at radius 3 is 2.17 bits per heavy atom. The van der Waals surface area contributed by atoms with Gasteiger partial charge in [0, 0.05) is 56.9 Å². The predicted octanol–water partition coefficient (Wildman–Crippen LogP) is 7.42. The molecule has 0 radical (unpaired) electrons. The molecule has 0 atom stereocenters. The lowest BCUT2D eigenvalue weighted by molar-refractivity contribution is 0.834. The molecule has 4 aromatic carbocycles. The number of hydrogen-bond acceptors (Lipinski definition) is 2. The third-order valence-electron chi connectivity index (χ3n) is 7.29. The fourth-order valence-corrected chi connectivity index (χ4v) is 5.54. The van der Waals surface area contributed by atoms with Gasteiger partial charge < -0.3 is 9.13 Å². The maximum Gasteiger partial charge on any atom is 0.0992 e. The summed E-state index contributed by atoms with van der Waals surface area (Å²) in [6.45, 7) is 0.612. The van der Waals surface area contributed by atoms with E-state index in [9.17, 15) is 5.26 Å². The van der Waals surface area contributed by atoms with Gasteiger partial charge >= 0.3 is 0 Å². The quantitative estimate of drug-likeness (QED) is 0.274. The van der Waals surface area contributed by atoms with Crippen LogP contribution in [0.15, 0.2) is 103 Å². The van der Waals surface area contributed by atoms with E-state index in [2.05, 4.69) is 112 Å². The van der Waals surface area contributed by atoms with Crippen molar-refractivity contribution < 1.29 is 0 Å². The Hall–Kier alpha value is -4.88. The Morgan fingerprint density at radius 2 is 1.33 bits per heavy atom. The number of nitrogens with zero attached hydrogens (tertiary/aromatic N) is 4. The van der Waals surface area contributed by atoms with Gasteiger partial charge in [0.1, 0.15) is 0 Å². The van der Waals surface area contributed by atoms with E-state index < -0.39 is 0 Å². The zero-order valence-electron chi connectivity index (χ0n) is 19.8. The summed E-state index contributed by atoms with van der Waals surface area (Å²) in [6.07, 6.45) is 1.71. The molecule has 0 fully saturated rings. The van der Waals surface area contributed by atoms with Crippen molar-refractivity contribution in [2.24, 2.45) is 7.05 Å². The van der Waals surface area contributed by atoms with E-state index in [4.69, 9.17) is 0 Å². The summed E-state index contributed by atoms with van der Waals surface area (Å²) in [4.78, 5) is 4.52. The first-order valence-corrected chi connectivity index (χ1v) is 12.0. The number of fused-ring (bicyclic) bond motifs is 6. The Kier molecular flexibility index (Phi) is 4.46. The first-order valence-electron chi connectivity index (χ1n) is 12.0. The highest BCUT2D eigenvalue weighted by Gasteiger charge is 2.14. The Labute approximate surface area is 208 Å². The van der Waals surface area contributed by atoms with Crippen LogP contribution in [0.1, 0.15) is 11.3 Å². The number of pyridine rings is 1. The first kappa shape index (κ1) is 20.5. The topological polar surface area (TPSA) is 46.5 Å². The van der Waals surface area contributed by atoms with Crippen molar-refractivity contribution in [1.29, 1.82) is 5.26 Å². The van der Waals surface area contributed by atoms with Crippen molar-refractivity contribution in [2.75, 3.05) is 0 Å². The molecule has 0 spiro atoms. The molecule has 4 nitrogen and oxygen atoms in total. The molecule has 0 aliphatic heterocycles. The summed E-state index contributed by atoms with van der Waals surface area (Å²) in [5, 5.41) is 14.3. The van der Waals surface area contributed by atoms with Crippen molar-refractivity contribution in [3.8, 4) is 17.2 Å². The smallest absolute Gasteiger partial charge is 0.0992 e. The van der Waals surface area contributed by atoms with Crippen LogP contribution in [-0.4, -0.2) is 14.1 Å². The van der Waals surface area contributed by atoms with Gasteiger partial charge in [-0.3, -0.25) is 4.98 Å². The molecule has 0 saturated heterocycles. The molecular formula is C32H22N4. The zero-order chi connectivity index (χ0) is 24.2. The number of hydrogen-bond donors (Lipinski definition) is 0. The minimum Gasteiger partial charge on any atom is -0.344 e. The van der Waals surface area contributed by atoms with Gasteiger partial charge in [0.15, 0.2) is 0 Å². The van der Waals surface area contributed by atoms with Crippen LogP contribution < -0.4 is 0 Å². The largest absolute Gasteiger partial charge is 0.344 e. The maximum atomic E-state index is 9.31. The summed E-state index contributed by atoms with van der Waals surface area (Å²) in [5.41, 5.74) is 8.72. The standard InChI is InChI=1S/C32H22N4/c1-35-29-8-4-2-6-25(29)27-12-10-23(18-32(27)35)22-11-13-31-28(17-22)26-7-3-5-9-30(26)36(31)20-24-16-21(19-33)14-15-34-24/h2-18H,20H2,1H3. The molecule has 7 rings (SSSR count). The van der Waals surface area contributed by atoms with Crippen LogP contribution in [0.5, 0.6) is 0 Å². The van der Waals surface area contributed by atoms with Gasteiger partial charge in [-0.05, 0) is 53.6 Å². The summed E-state index contributed by atoms with van der Waals surface area (Å²) in [6, 6.07) is 36.4. The Bertz CT molecular complexity index is 2000. The molecule has 170 valence electrons. The van der Waals surface area contributed by atoms with Gasteiger partial charge in [-0.15, -0.1) is 0 Å². The normalized spacial score (nSPS) is 11.6. The van der Waals surface area contributed by atoms with Gasteiger partial charge in [-0.25, -0.2) is 0 Å². The van der Waals surface area contributed by atoms with E-state index in [1.165, 1.54) is 43.7 Å². The Morgan fingerprint density at radius 1 is 0.667 bits per heavy atom. The van der Waals surface area contributed by atoms with Gasteiger partial charge in [0.05, 0.1) is 23.9 Å². The summed E-state index contributed by atoms with van der Waals surface area (Å²) >= 11 is 0. The SMILES string of the molecule is Cn1c2ccccc2c2ccc(-c3ccc4c(c3)c3ccccc3n4Cc3cc(C#N)ccn3)cc21.